The molecule has 4 aromatic carbocycles. The Morgan fingerprint density at radius 3 is 2.19 bits per heavy atom. The van der Waals surface area contributed by atoms with Gasteiger partial charge in [0.25, 0.3) is 17.7 Å². The molecular weight excluding hydrogens is 1030 g/mol. The van der Waals surface area contributed by atoms with Crippen LogP contribution in [0, 0.1) is 23.7 Å². The molecule has 0 aliphatic carbocycles. The molecule has 1 aromatic heterocycles. The third-order valence-corrected chi connectivity index (χ3v) is 15.3. The standard InChI is InChI=1S/C56H59F3N8O8S2/c1-33-46(77-32-62-33)35-9-7-34(8-10-35)30-61-49(70)45-28-41(68)31-65(45)51(72)47(54(2,3)4)63-48(69)36-14-19-42(20-15-36)74-25-26-75-43-21-23-64(24-22-43)50(71)37-11-16-39(17-12-37)67-53(76)66(52(73)55(67,5)6)40-18-13-38(29-60)44(27-40)56(57,58)59/h7-20,27,32,41,43,45,47,68H,21-26,28,30-31H2,1-6H3,(H,61,70)(H,63,69)/t41-,45+,47?/m1/s1. The minimum absolute atomic E-state index is 0.0500. The molecule has 77 heavy (non-hydrogen) atoms. The van der Waals surface area contributed by atoms with Crippen LogP contribution < -0.4 is 25.2 Å². The van der Waals surface area contributed by atoms with E-state index in [0.29, 0.717) is 42.9 Å². The number of amides is 5. The highest BCUT2D eigenvalue weighted by Crippen LogP contribution is 2.40. The first-order chi connectivity index (χ1) is 36.5. The molecule has 5 amide bonds. The molecule has 0 saturated carbocycles. The van der Waals surface area contributed by atoms with Gasteiger partial charge in [-0.3, -0.25) is 28.9 Å². The maximum absolute atomic E-state index is 14.2. The van der Waals surface area contributed by atoms with Crippen molar-refractivity contribution in [2.24, 2.45) is 5.41 Å². The molecule has 8 rings (SSSR count). The number of aliphatic hydroxyl groups excluding tert-OH is 1. The van der Waals surface area contributed by atoms with E-state index in [-0.39, 0.29) is 61.1 Å². The van der Waals surface area contributed by atoms with Crippen LogP contribution in [0.15, 0.2) is 96.5 Å². The summed E-state index contributed by atoms with van der Waals surface area (Å²) in [6, 6.07) is 23.4. The number of ether oxygens (including phenoxy) is 2. The molecule has 5 aromatic rings. The molecule has 1 unspecified atom stereocenters. The van der Waals surface area contributed by atoms with Crippen LogP contribution in [0.1, 0.15) is 97.0 Å². The number of piperidine rings is 1. The minimum atomic E-state index is -4.83. The predicted octanol–water partition coefficient (Wildman–Crippen LogP) is 8.05. The maximum atomic E-state index is 14.2. The van der Waals surface area contributed by atoms with Gasteiger partial charge in [-0.15, -0.1) is 11.3 Å². The quantitative estimate of drug-likeness (QED) is 0.0675. The summed E-state index contributed by atoms with van der Waals surface area (Å²) < 4.78 is 53.4. The van der Waals surface area contributed by atoms with E-state index in [0.717, 1.165) is 38.7 Å². The zero-order valence-electron chi connectivity index (χ0n) is 43.3. The summed E-state index contributed by atoms with van der Waals surface area (Å²) in [5, 5.41) is 25.6. The second-order valence-corrected chi connectivity index (χ2v) is 22.0. The second-order valence-electron chi connectivity index (χ2n) is 20.8. The van der Waals surface area contributed by atoms with Gasteiger partial charge in [0, 0.05) is 49.4 Å². The van der Waals surface area contributed by atoms with Crippen LogP contribution in [0.5, 0.6) is 5.75 Å². The van der Waals surface area contributed by atoms with E-state index in [1.165, 1.54) is 15.9 Å². The molecule has 0 radical (unpaired) electrons. The highest BCUT2D eigenvalue weighted by Gasteiger charge is 2.51. The van der Waals surface area contributed by atoms with Crippen molar-refractivity contribution in [2.45, 2.75) is 103 Å². The molecule has 21 heteroatoms. The van der Waals surface area contributed by atoms with Crippen molar-refractivity contribution in [1.29, 1.82) is 5.26 Å². The molecule has 0 bridgehead atoms. The number of β-amino-alcohol motifs (C(OH)–C–C–N with tert-alkyl or cyclic N) is 1. The lowest BCUT2D eigenvalue weighted by molar-refractivity contribution is -0.142. The molecular formula is C56H59F3N8O8S2. The SMILES string of the molecule is Cc1ncsc1-c1ccc(CNC(=O)[C@@H]2C[C@@H](O)CN2C(=O)C(NC(=O)c2ccc(OCCOC3CCN(C(=O)c4ccc(N5C(=S)N(c6ccc(C#N)c(C(F)(F)F)c6)C(=O)C5(C)C)cc4)CC3)cc2)C(C)(C)C)cc1. The number of thiazole rings is 1. The molecule has 0 spiro atoms. The number of aromatic nitrogens is 1. The summed E-state index contributed by atoms with van der Waals surface area (Å²) in [5.41, 5.74) is 1.87. The fourth-order valence-corrected chi connectivity index (χ4v) is 11.0. The number of aliphatic hydroxyl groups is 1. The number of alkyl halides is 3. The van der Waals surface area contributed by atoms with Gasteiger partial charge in [-0.2, -0.15) is 18.4 Å². The van der Waals surface area contributed by atoms with Gasteiger partial charge in [-0.1, -0.05) is 45.0 Å². The van der Waals surface area contributed by atoms with Gasteiger partial charge < -0.3 is 39.9 Å². The van der Waals surface area contributed by atoms with Gasteiger partial charge in [-0.25, -0.2) is 4.98 Å². The first kappa shape index (κ1) is 56.0. The first-order valence-electron chi connectivity index (χ1n) is 25.1. The van der Waals surface area contributed by atoms with Crippen molar-refractivity contribution in [3.63, 3.8) is 0 Å². The molecule has 3 fully saturated rings. The van der Waals surface area contributed by atoms with Crippen molar-refractivity contribution in [3.8, 4) is 22.3 Å². The Morgan fingerprint density at radius 2 is 1.58 bits per heavy atom. The monoisotopic (exact) mass is 1090 g/mol. The topological polar surface area (TPSA) is 198 Å². The van der Waals surface area contributed by atoms with E-state index in [1.54, 1.807) is 90.2 Å². The Labute approximate surface area is 453 Å². The average Bonchev–Trinajstić information content (AvgIpc) is 4.25. The molecule has 16 nitrogen and oxygen atoms in total. The van der Waals surface area contributed by atoms with Crippen molar-refractivity contribution in [2.75, 3.05) is 42.6 Å². The molecule has 3 atom stereocenters. The lowest BCUT2D eigenvalue weighted by Crippen LogP contribution is -2.57. The number of aryl methyl sites for hydroxylation is 1. The number of nitrogens with zero attached hydrogens (tertiary/aromatic N) is 6. The average molecular weight is 1090 g/mol. The highest BCUT2D eigenvalue weighted by atomic mass is 32.1. The number of thiocarbonyl (C=S) groups is 1. The third kappa shape index (κ3) is 12.3. The Bertz CT molecular complexity index is 3080. The highest BCUT2D eigenvalue weighted by molar-refractivity contribution is 7.81. The van der Waals surface area contributed by atoms with Crippen molar-refractivity contribution in [3.05, 3.63) is 130 Å². The summed E-state index contributed by atoms with van der Waals surface area (Å²) in [5.74, 6) is -1.63. The fraction of sp³-hybridized carbons (Fsp3) is 0.393. The normalized spacial score (nSPS) is 18.3. The molecule has 3 N–H and O–H groups in total. The van der Waals surface area contributed by atoms with E-state index in [2.05, 4.69) is 15.6 Å². The smallest absolute Gasteiger partial charge is 0.417 e. The number of rotatable bonds is 15. The molecule has 404 valence electrons. The summed E-state index contributed by atoms with van der Waals surface area (Å²) in [7, 11) is 0. The lowest BCUT2D eigenvalue weighted by atomic mass is 9.85. The van der Waals surface area contributed by atoms with Gasteiger partial charge in [0.2, 0.25) is 11.8 Å². The Balaban J connectivity index is 0.777. The third-order valence-electron chi connectivity index (χ3n) is 14.0. The van der Waals surface area contributed by atoms with Crippen LogP contribution in [0.2, 0.25) is 0 Å². The Hall–Kier alpha value is -7.25. The largest absolute Gasteiger partial charge is 0.491 e. The number of nitrogens with one attached hydrogen (secondary N) is 2. The number of likely N-dealkylation sites (tertiary alicyclic amines) is 2. The Kier molecular flexibility index (Phi) is 16.5. The number of nitriles is 1. The van der Waals surface area contributed by atoms with Gasteiger partial charge in [0.1, 0.15) is 30.0 Å². The number of carbonyl (C=O) groups is 5. The van der Waals surface area contributed by atoms with Gasteiger partial charge in [0.05, 0.1) is 57.8 Å². The van der Waals surface area contributed by atoms with Gasteiger partial charge >= 0.3 is 6.18 Å². The predicted molar refractivity (Wildman–Crippen MR) is 287 cm³/mol. The minimum Gasteiger partial charge on any atom is -0.491 e. The van der Waals surface area contributed by atoms with Crippen LogP contribution in [0.4, 0.5) is 24.5 Å². The summed E-state index contributed by atoms with van der Waals surface area (Å²) in [6.07, 6.45) is -4.62. The zero-order valence-corrected chi connectivity index (χ0v) is 45.0. The van der Waals surface area contributed by atoms with E-state index in [1.807, 2.05) is 52.0 Å². The number of benzene rings is 4. The van der Waals surface area contributed by atoms with Crippen LogP contribution in [0.25, 0.3) is 10.4 Å². The first-order valence-corrected chi connectivity index (χ1v) is 26.4. The number of halogens is 3. The number of hydrogen-bond donors (Lipinski definition) is 3. The molecule has 3 saturated heterocycles. The summed E-state index contributed by atoms with van der Waals surface area (Å²) in [6.45, 7) is 12.2. The van der Waals surface area contributed by atoms with E-state index in [9.17, 15) is 47.5 Å². The van der Waals surface area contributed by atoms with Crippen molar-refractivity contribution in [1.82, 2.24) is 25.4 Å². The fourth-order valence-electron chi connectivity index (χ4n) is 9.69. The number of anilines is 2. The molecule has 4 heterocycles. The van der Waals surface area contributed by atoms with Gasteiger partial charge in [-0.05, 0) is 129 Å². The van der Waals surface area contributed by atoms with E-state index in [4.69, 9.17) is 21.7 Å². The maximum Gasteiger partial charge on any atom is 0.417 e. The van der Waals surface area contributed by atoms with E-state index < -0.39 is 70.1 Å². The van der Waals surface area contributed by atoms with Crippen LogP contribution >= 0.6 is 23.6 Å². The van der Waals surface area contributed by atoms with Crippen LogP contribution in [0.3, 0.4) is 0 Å². The second kappa shape index (κ2) is 22.8. The van der Waals surface area contributed by atoms with E-state index >= 15 is 0 Å². The number of carbonyl (C=O) groups excluding carboxylic acids is 5. The molecule has 3 aliphatic heterocycles. The van der Waals surface area contributed by atoms with Crippen LogP contribution in [-0.4, -0.2) is 117 Å². The van der Waals surface area contributed by atoms with Crippen molar-refractivity contribution < 1.29 is 51.7 Å². The number of hydrogen-bond acceptors (Lipinski definition) is 12. The van der Waals surface area contributed by atoms with Crippen LogP contribution in [-0.2, 0) is 31.8 Å². The summed E-state index contributed by atoms with van der Waals surface area (Å²) >= 11 is 7.21. The zero-order chi connectivity index (χ0) is 55.6. The summed E-state index contributed by atoms with van der Waals surface area (Å²) in [4.78, 5) is 79.6. The molecule has 3 aliphatic rings. The lowest BCUT2D eigenvalue weighted by Gasteiger charge is -2.35. The van der Waals surface area contributed by atoms with Gasteiger partial charge in [0.15, 0.2) is 5.11 Å². The Morgan fingerprint density at radius 1 is 0.935 bits per heavy atom. The van der Waals surface area contributed by atoms with Crippen molar-refractivity contribution >= 4 is 69.6 Å².